The summed E-state index contributed by atoms with van der Waals surface area (Å²) in [6, 6.07) is 28.6. The Morgan fingerprint density at radius 2 is 1.48 bits per heavy atom. The summed E-state index contributed by atoms with van der Waals surface area (Å²) < 4.78 is 1.38. The van der Waals surface area contributed by atoms with Crippen molar-refractivity contribution >= 4 is 27.8 Å². The van der Waals surface area contributed by atoms with Gasteiger partial charge in [0.2, 0.25) is 0 Å². The molecule has 0 amide bonds. The van der Waals surface area contributed by atoms with E-state index in [0.29, 0.717) is 22.6 Å². The fourth-order valence-electron chi connectivity index (χ4n) is 3.58. The number of rotatable bonds is 5. The Kier molecular flexibility index (Phi) is 5.08. The number of benzene rings is 4. The normalized spacial score (nSPS) is 11.3. The van der Waals surface area contributed by atoms with Gasteiger partial charge in [0.15, 0.2) is 5.69 Å². The summed E-state index contributed by atoms with van der Waals surface area (Å²) in [4.78, 5) is 23.8. The number of para-hydroxylation sites is 1. The number of hydrogen-bond donors (Lipinski definition) is 1. The number of H-pyrrole nitrogens is 1. The molecule has 5 aromatic rings. The molecule has 5 rings (SSSR count). The smallest absolute Gasteiger partial charge is 0.288 e. The van der Waals surface area contributed by atoms with Gasteiger partial charge >= 0.3 is 0 Å². The molecule has 1 aromatic heterocycles. The first-order valence-electron chi connectivity index (χ1n) is 10.2. The van der Waals surface area contributed by atoms with Crippen molar-refractivity contribution in [3.63, 3.8) is 0 Å². The Hall–Kier alpha value is -4.85. The van der Waals surface area contributed by atoms with E-state index < -0.39 is 4.92 Å². The topological polar surface area (TPSA) is 106 Å². The number of azo groups is 1. The summed E-state index contributed by atoms with van der Waals surface area (Å²) in [7, 11) is 0. The summed E-state index contributed by atoms with van der Waals surface area (Å²) >= 11 is 0. The molecular weight excluding hydrogens is 418 g/mol. The quantitative estimate of drug-likeness (QED) is 0.199. The molecule has 0 saturated heterocycles. The van der Waals surface area contributed by atoms with Gasteiger partial charge in [0.05, 0.1) is 22.0 Å². The van der Waals surface area contributed by atoms with E-state index in [4.69, 9.17) is 0 Å². The minimum atomic E-state index is -0.470. The predicted molar refractivity (Wildman–Crippen MR) is 127 cm³/mol. The fraction of sp³-hybridized carbons (Fsp3) is 0. The number of aromatic nitrogens is 2. The van der Waals surface area contributed by atoms with Crippen molar-refractivity contribution in [1.29, 1.82) is 0 Å². The Bertz CT molecular complexity index is 1550. The van der Waals surface area contributed by atoms with Gasteiger partial charge in [-0.2, -0.15) is 5.11 Å². The van der Waals surface area contributed by atoms with Gasteiger partial charge < -0.3 is 0 Å². The highest BCUT2D eigenvalue weighted by Crippen LogP contribution is 2.30. The first-order valence-corrected chi connectivity index (χ1v) is 10.2. The number of aromatic amines is 1. The van der Waals surface area contributed by atoms with Crippen LogP contribution >= 0.6 is 0 Å². The fourth-order valence-corrected chi connectivity index (χ4v) is 3.58. The maximum Gasteiger partial charge on any atom is 0.299 e. The molecule has 4 aromatic carbocycles. The molecule has 33 heavy (non-hydrogen) atoms. The molecule has 0 radical (unpaired) electrons. The molecule has 0 aliphatic rings. The van der Waals surface area contributed by atoms with Crippen molar-refractivity contribution in [2.45, 2.75) is 0 Å². The van der Waals surface area contributed by atoms with Crippen molar-refractivity contribution in [3.8, 4) is 16.9 Å². The van der Waals surface area contributed by atoms with E-state index >= 15 is 0 Å². The number of fused-ring (bicyclic) bond motifs is 1. The summed E-state index contributed by atoms with van der Waals surface area (Å²) in [6.07, 6.45) is 0. The lowest BCUT2D eigenvalue weighted by Crippen LogP contribution is -2.13. The molecule has 8 heteroatoms. The van der Waals surface area contributed by atoms with E-state index in [0.717, 1.165) is 10.8 Å². The minimum absolute atomic E-state index is 0.0390. The van der Waals surface area contributed by atoms with Crippen LogP contribution in [-0.2, 0) is 0 Å². The average Bonchev–Trinajstić information content (AvgIpc) is 3.19. The first-order chi connectivity index (χ1) is 16.1. The van der Waals surface area contributed by atoms with Crippen molar-refractivity contribution in [3.05, 3.63) is 118 Å². The molecule has 160 valence electrons. The highest BCUT2D eigenvalue weighted by molar-refractivity contribution is 5.85. The highest BCUT2D eigenvalue weighted by atomic mass is 16.6. The summed E-state index contributed by atoms with van der Waals surface area (Å²) in [6.45, 7) is 0. The molecule has 0 spiro atoms. The van der Waals surface area contributed by atoms with Gasteiger partial charge in [0.1, 0.15) is 0 Å². The molecule has 1 N–H and O–H groups in total. The Morgan fingerprint density at radius 1 is 0.788 bits per heavy atom. The second-order valence-corrected chi connectivity index (χ2v) is 7.35. The second-order valence-electron chi connectivity index (χ2n) is 7.35. The number of nitrogens with one attached hydrogen (secondary N) is 1. The van der Waals surface area contributed by atoms with Gasteiger partial charge in [-0.15, -0.1) is 5.11 Å². The maximum absolute atomic E-state index is 13.2. The van der Waals surface area contributed by atoms with Crippen LogP contribution in [0.25, 0.3) is 27.7 Å². The lowest BCUT2D eigenvalue weighted by atomic mass is 10.1. The molecule has 8 nitrogen and oxygen atoms in total. The summed E-state index contributed by atoms with van der Waals surface area (Å²) in [5, 5.41) is 24.8. The predicted octanol–water partition coefficient (Wildman–Crippen LogP) is 6.31. The molecular formula is C25H17N5O3. The van der Waals surface area contributed by atoms with Gasteiger partial charge in [-0.05, 0) is 47.2 Å². The third-order valence-electron chi connectivity index (χ3n) is 5.25. The third-order valence-corrected chi connectivity index (χ3v) is 5.25. The van der Waals surface area contributed by atoms with Crippen LogP contribution in [0, 0.1) is 10.1 Å². The van der Waals surface area contributed by atoms with Crippen LogP contribution in [0.15, 0.2) is 112 Å². The molecule has 0 unspecified atom stereocenters. The van der Waals surface area contributed by atoms with E-state index in [-0.39, 0.29) is 16.9 Å². The number of nitro groups is 1. The van der Waals surface area contributed by atoms with Crippen LogP contribution in [0.5, 0.6) is 0 Å². The standard InChI is InChI=1S/C25H17N5O3/c31-25-24(27-26-20-13-10-17-6-4-5-7-19(17)16-20)23(18-11-14-22(15-12-18)30(32)33)28-29(25)21-8-2-1-3-9-21/h1-16,28H. The molecule has 0 fully saturated rings. The molecule has 1 heterocycles. The Morgan fingerprint density at radius 3 is 2.21 bits per heavy atom. The van der Waals surface area contributed by atoms with E-state index in [1.807, 2.05) is 60.7 Å². The average molecular weight is 435 g/mol. The second kappa shape index (κ2) is 8.35. The van der Waals surface area contributed by atoms with Gasteiger partial charge in [-0.3, -0.25) is 20.0 Å². The zero-order valence-electron chi connectivity index (χ0n) is 17.3. The van der Waals surface area contributed by atoms with Gasteiger partial charge in [-0.25, -0.2) is 4.68 Å². The Labute approximate surface area is 187 Å². The summed E-state index contributed by atoms with van der Waals surface area (Å²) in [5.74, 6) is 0. The third kappa shape index (κ3) is 3.92. The number of non-ortho nitro benzene ring substituents is 1. The lowest BCUT2D eigenvalue weighted by molar-refractivity contribution is -0.384. The van der Waals surface area contributed by atoms with Gasteiger partial charge in [0.25, 0.3) is 11.2 Å². The van der Waals surface area contributed by atoms with Crippen molar-refractivity contribution in [2.75, 3.05) is 0 Å². The van der Waals surface area contributed by atoms with Gasteiger partial charge in [-0.1, -0.05) is 48.5 Å². The largest absolute Gasteiger partial charge is 0.299 e. The van der Waals surface area contributed by atoms with Crippen LogP contribution in [0.2, 0.25) is 0 Å². The molecule has 0 atom stereocenters. The van der Waals surface area contributed by atoms with Crippen molar-refractivity contribution in [1.82, 2.24) is 9.78 Å². The van der Waals surface area contributed by atoms with Crippen LogP contribution in [0.3, 0.4) is 0 Å². The van der Waals surface area contributed by atoms with E-state index in [2.05, 4.69) is 15.3 Å². The first kappa shape index (κ1) is 20.1. The zero-order chi connectivity index (χ0) is 22.8. The number of nitrogens with zero attached hydrogens (tertiary/aromatic N) is 4. The Balaban J connectivity index is 1.62. The molecule has 0 bridgehead atoms. The SMILES string of the molecule is O=c1c(N=Nc2ccc3ccccc3c2)c(-c2ccc([N+](=O)[O-])cc2)[nH]n1-c1ccccc1. The van der Waals surface area contributed by atoms with Crippen LogP contribution < -0.4 is 5.56 Å². The minimum Gasteiger partial charge on any atom is -0.288 e. The highest BCUT2D eigenvalue weighted by Gasteiger charge is 2.18. The maximum atomic E-state index is 13.2. The van der Waals surface area contributed by atoms with Crippen LogP contribution in [0.1, 0.15) is 0 Å². The monoisotopic (exact) mass is 435 g/mol. The van der Waals surface area contributed by atoms with E-state index in [9.17, 15) is 14.9 Å². The number of hydrogen-bond acceptors (Lipinski definition) is 5. The van der Waals surface area contributed by atoms with Crippen LogP contribution in [0.4, 0.5) is 17.1 Å². The zero-order valence-corrected chi connectivity index (χ0v) is 17.3. The molecule has 0 saturated carbocycles. The lowest BCUT2D eigenvalue weighted by Gasteiger charge is -2.01. The van der Waals surface area contributed by atoms with Gasteiger partial charge in [0, 0.05) is 17.7 Å². The van der Waals surface area contributed by atoms with E-state index in [1.54, 1.807) is 24.3 Å². The number of nitro benzene ring substituents is 1. The van der Waals surface area contributed by atoms with E-state index in [1.165, 1.54) is 16.8 Å². The summed E-state index contributed by atoms with van der Waals surface area (Å²) in [5.41, 5.74) is 1.94. The van der Waals surface area contributed by atoms with Crippen molar-refractivity contribution in [2.24, 2.45) is 10.2 Å². The molecule has 0 aliphatic carbocycles. The molecule has 0 aliphatic heterocycles. The van der Waals surface area contributed by atoms with Crippen LogP contribution in [-0.4, -0.2) is 14.7 Å². The van der Waals surface area contributed by atoms with Crippen molar-refractivity contribution < 1.29 is 4.92 Å².